The molecule has 2 aromatic rings. The van der Waals surface area contributed by atoms with E-state index in [0.29, 0.717) is 52.4 Å². The first-order chi connectivity index (χ1) is 22.0. The highest BCUT2D eigenvalue weighted by molar-refractivity contribution is 8.00. The van der Waals surface area contributed by atoms with Crippen molar-refractivity contribution >= 4 is 41.3 Å². The highest BCUT2D eigenvalue weighted by Gasteiger charge is 2.56. The molecule has 1 amide bonds. The molecule has 47 heavy (non-hydrogen) atoms. The van der Waals surface area contributed by atoms with E-state index >= 15 is 13.2 Å². The van der Waals surface area contributed by atoms with Crippen LogP contribution in [-0.2, 0) is 10.9 Å². The molecule has 0 saturated carbocycles. The minimum absolute atomic E-state index is 0.0318. The molecule has 2 fully saturated rings. The van der Waals surface area contributed by atoms with Crippen LogP contribution in [0.25, 0.3) is 11.1 Å². The van der Waals surface area contributed by atoms with Gasteiger partial charge in [-0.1, -0.05) is 12.1 Å². The predicted octanol–water partition coefficient (Wildman–Crippen LogP) is 7.74. The van der Waals surface area contributed by atoms with Crippen molar-refractivity contribution in [2.75, 3.05) is 38.2 Å². The molecule has 0 bridgehead atoms. The maximum absolute atomic E-state index is 15.1. The molecule has 4 aliphatic rings. The zero-order valence-electron chi connectivity index (χ0n) is 27.6. The quantitative estimate of drug-likeness (QED) is 0.201. The Hall–Kier alpha value is -2.74. The zero-order valence-corrected chi connectivity index (χ0v) is 29.2. The summed E-state index contributed by atoms with van der Waals surface area (Å²) in [6.45, 7) is 16.3. The van der Waals surface area contributed by atoms with Crippen LogP contribution in [-0.4, -0.2) is 83.6 Å². The molecule has 1 N–H and O–H groups in total. The Kier molecular flexibility index (Phi) is 8.93. The summed E-state index contributed by atoms with van der Waals surface area (Å²) < 4.78 is 65.3. The van der Waals surface area contributed by atoms with Gasteiger partial charge in [0.1, 0.15) is 23.3 Å². The first-order valence-electron chi connectivity index (χ1n) is 15.9. The average Bonchev–Trinajstić information content (AvgIpc) is 2.96. The Morgan fingerprint density at radius 2 is 1.83 bits per heavy atom. The van der Waals surface area contributed by atoms with Gasteiger partial charge < -0.3 is 19.9 Å². The van der Waals surface area contributed by atoms with Crippen molar-refractivity contribution in [3.05, 3.63) is 59.7 Å². The molecule has 254 valence electrons. The second-order valence-corrected chi connectivity index (χ2v) is 15.9. The van der Waals surface area contributed by atoms with Crippen molar-refractivity contribution in [3.8, 4) is 11.1 Å². The maximum Gasteiger partial charge on any atom is 0.417 e. The Morgan fingerprint density at radius 3 is 2.40 bits per heavy atom. The summed E-state index contributed by atoms with van der Waals surface area (Å²) in [7, 11) is 0. The maximum atomic E-state index is 15.1. The number of rotatable bonds is 4. The smallest absolute Gasteiger partial charge is 0.417 e. The van der Waals surface area contributed by atoms with E-state index in [1.807, 2.05) is 45.8 Å². The van der Waals surface area contributed by atoms with E-state index in [4.69, 9.17) is 9.73 Å². The molecule has 0 spiro atoms. The summed E-state index contributed by atoms with van der Waals surface area (Å²) in [4.78, 5) is 22.4. The van der Waals surface area contributed by atoms with E-state index in [0.717, 1.165) is 25.2 Å². The second-order valence-electron chi connectivity index (χ2n) is 13.9. The normalized spacial score (nSPS) is 26.5. The third-order valence-corrected chi connectivity index (χ3v) is 12.0. The standard InChI is InChI=1S/C34H42F4N5O2S2/c1-19-17-42(32(44)45-33(4,5)6)20(2)16-41(19)31-26-13-27(34(36,37)38)28(23-8-10-24(35)11-9-23)30-29(26)43(46-7,21(3)40-31)25(18-47-30)12-22-14-39-15-22/h8-11,13,19-20,22,25,39H,3,12,14-18H2,1-2,4-7H3/q+1/t19-,20+,25-,43?/m0/s1. The molecule has 6 rings (SSSR count). The van der Waals surface area contributed by atoms with Crippen LogP contribution in [0.2, 0.25) is 0 Å². The van der Waals surface area contributed by atoms with E-state index in [1.54, 1.807) is 16.8 Å². The third-order valence-electron chi connectivity index (χ3n) is 9.46. The summed E-state index contributed by atoms with van der Waals surface area (Å²) in [6.07, 6.45) is -2.26. The van der Waals surface area contributed by atoms with Crippen LogP contribution in [0, 0.1) is 11.7 Å². The van der Waals surface area contributed by atoms with Gasteiger partial charge in [-0.15, -0.1) is 11.8 Å². The van der Waals surface area contributed by atoms with Gasteiger partial charge in [-0.2, -0.15) is 22.1 Å². The molecular weight excluding hydrogens is 651 g/mol. The number of hydrogen-bond acceptors (Lipinski definition) is 7. The SMILES string of the molecule is C=C1N=C(N2C[C@@H](C)N(C(=O)OC(C)(C)C)C[C@@H]2C)c2cc(C(F)(F)F)c(-c3ccc(F)cc3)c3c2[N+]1(SC)[C@@H](CC1CNC1)CS3. The number of aliphatic imine (C=N–C) groups is 1. The Balaban J connectivity index is 1.53. The molecule has 4 atom stereocenters. The molecular formula is C34H42F4N5O2S2+. The number of quaternary nitrogens is 1. The molecule has 4 heterocycles. The minimum atomic E-state index is -4.69. The summed E-state index contributed by atoms with van der Waals surface area (Å²) in [5, 5.41) is 3.34. The number of benzene rings is 2. The highest BCUT2D eigenvalue weighted by Crippen LogP contribution is 2.59. The minimum Gasteiger partial charge on any atom is -0.444 e. The molecule has 0 radical (unpaired) electrons. The van der Waals surface area contributed by atoms with E-state index in [-0.39, 0.29) is 27.6 Å². The van der Waals surface area contributed by atoms with Crippen LogP contribution in [0.15, 0.2) is 52.6 Å². The van der Waals surface area contributed by atoms with E-state index in [2.05, 4.69) is 11.9 Å². The van der Waals surface area contributed by atoms with Crippen LogP contribution < -0.4 is 9.21 Å². The molecule has 4 aliphatic heterocycles. The molecule has 2 saturated heterocycles. The van der Waals surface area contributed by atoms with E-state index in [9.17, 15) is 9.18 Å². The summed E-state index contributed by atoms with van der Waals surface area (Å²) >= 11 is 2.99. The van der Waals surface area contributed by atoms with Gasteiger partial charge in [-0.05, 0) is 84.0 Å². The molecule has 0 aromatic heterocycles. The van der Waals surface area contributed by atoms with Gasteiger partial charge in [0, 0.05) is 43.4 Å². The Bertz CT molecular complexity index is 1610. The van der Waals surface area contributed by atoms with Crippen molar-refractivity contribution in [1.82, 2.24) is 19.0 Å². The first-order valence-corrected chi connectivity index (χ1v) is 18.1. The number of carbonyl (C=O) groups excluding carboxylic acids is 1. The lowest BCUT2D eigenvalue weighted by atomic mass is 9.90. The Morgan fingerprint density at radius 1 is 1.15 bits per heavy atom. The molecule has 0 aliphatic carbocycles. The van der Waals surface area contributed by atoms with Crippen molar-refractivity contribution in [2.45, 2.75) is 75.8 Å². The summed E-state index contributed by atoms with van der Waals surface area (Å²) in [5.41, 5.74) is 0.111. The molecule has 2 aromatic carbocycles. The van der Waals surface area contributed by atoms with Crippen LogP contribution in [0.1, 0.15) is 52.2 Å². The number of alkyl halides is 3. The number of ether oxygens (including phenoxy) is 1. The first kappa shape index (κ1) is 34.1. The molecule has 13 heteroatoms. The topological polar surface area (TPSA) is 57.2 Å². The number of amidine groups is 1. The highest BCUT2D eigenvalue weighted by atomic mass is 32.2. The summed E-state index contributed by atoms with van der Waals surface area (Å²) in [6, 6.07) is 5.99. The number of nitrogens with zero attached hydrogens (tertiary/aromatic N) is 4. The van der Waals surface area contributed by atoms with Crippen molar-refractivity contribution in [2.24, 2.45) is 10.9 Å². The Labute approximate surface area is 282 Å². The zero-order chi connectivity index (χ0) is 34.1. The molecule has 1 unspecified atom stereocenters. The fourth-order valence-electron chi connectivity index (χ4n) is 7.16. The van der Waals surface area contributed by atoms with Crippen LogP contribution in [0.5, 0.6) is 0 Å². The van der Waals surface area contributed by atoms with Crippen molar-refractivity contribution < 1.29 is 27.1 Å². The fourth-order valence-corrected chi connectivity index (χ4v) is 9.87. The van der Waals surface area contributed by atoms with Gasteiger partial charge in [0.25, 0.3) is 0 Å². The van der Waals surface area contributed by atoms with Gasteiger partial charge in [0.15, 0.2) is 5.69 Å². The van der Waals surface area contributed by atoms with Gasteiger partial charge >= 0.3 is 12.3 Å². The number of nitrogens with one attached hydrogen (secondary N) is 1. The third kappa shape index (κ3) is 6.06. The predicted molar refractivity (Wildman–Crippen MR) is 182 cm³/mol. The summed E-state index contributed by atoms with van der Waals surface area (Å²) in [5.74, 6) is 1.53. The number of hydrogen-bond donors (Lipinski definition) is 1. The van der Waals surface area contributed by atoms with Crippen LogP contribution >= 0.6 is 23.7 Å². The monoisotopic (exact) mass is 692 g/mol. The number of carbonyl (C=O) groups is 1. The van der Waals surface area contributed by atoms with Crippen molar-refractivity contribution in [1.29, 1.82) is 0 Å². The van der Waals surface area contributed by atoms with Gasteiger partial charge in [-0.25, -0.2) is 9.18 Å². The van der Waals surface area contributed by atoms with Crippen LogP contribution in [0.4, 0.5) is 28.0 Å². The number of piperazine rings is 1. The van der Waals surface area contributed by atoms with Gasteiger partial charge in [-0.3, -0.25) is 0 Å². The van der Waals surface area contributed by atoms with Crippen molar-refractivity contribution in [3.63, 3.8) is 0 Å². The lowest BCUT2D eigenvalue weighted by Gasteiger charge is -2.51. The van der Waals surface area contributed by atoms with Gasteiger partial charge in [0.2, 0.25) is 5.82 Å². The molecule has 7 nitrogen and oxygen atoms in total. The van der Waals surface area contributed by atoms with E-state index in [1.165, 1.54) is 42.1 Å². The number of halogens is 4. The fraction of sp³-hybridized carbons (Fsp3) is 0.529. The lowest BCUT2D eigenvalue weighted by Crippen LogP contribution is -2.62. The van der Waals surface area contributed by atoms with Gasteiger partial charge in [0.05, 0.1) is 33.7 Å². The van der Waals surface area contributed by atoms with E-state index < -0.39 is 29.3 Å². The lowest BCUT2D eigenvalue weighted by molar-refractivity contribution is -0.137. The second kappa shape index (κ2) is 12.3. The number of thioether (sulfide) groups is 1. The van der Waals surface area contributed by atoms with Crippen LogP contribution in [0.3, 0.4) is 0 Å². The number of amides is 1. The average molecular weight is 693 g/mol. The largest absolute Gasteiger partial charge is 0.444 e.